The first-order valence-electron chi connectivity index (χ1n) is 10.1. The van der Waals surface area contributed by atoms with Crippen molar-refractivity contribution in [3.63, 3.8) is 0 Å². The van der Waals surface area contributed by atoms with Gasteiger partial charge in [-0.1, -0.05) is 30.3 Å². The Kier molecular flexibility index (Phi) is 5.79. The number of rotatable bonds is 4. The van der Waals surface area contributed by atoms with Gasteiger partial charge in [0, 0.05) is 28.9 Å². The second-order valence-electron chi connectivity index (χ2n) is 7.96. The van der Waals surface area contributed by atoms with E-state index >= 15 is 0 Å². The lowest BCUT2D eigenvalue weighted by Crippen LogP contribution is -2.49. The lowest BCUT2D eigenvalue weighted by atomic mass is 9.85. The minimum absolute atomic E-state index is 0. The van der Waals surface area contributed by atoms with Gasteiger partial charge in [0.25, 0.3) is 0 Å². The molecule has 4 nitrogen and oxygen atoms in total. The minimum Gasteiger partial charge on any atom is -0.369 e. The van der Waals surface area contributed by atoms with Crippen molar-refractivity contribution in [2.45, 2.75) is 43.7 Å². The molecule has 1 aromatic carbocycles. The Morgan fingerprint density at radius 3 is 2.68 bits per heavy atom. The molecule has 1 amide bonds. The number of ether oxygens (including phenoxy) is 1. The molecule has 0 bridgehead atoms. The van der Waals surface area contributed by atoms with Crippen LogP contribution in [0.15, 0.2) is 36.4 Å². The Morgan fingerprint density at radius 1 is 1.21 bits per heavy atom. The fourth-order valence-electron chi connectivity index (χ4n) is 4.29. The number of nitrogens with one attached hydrogen (secondary N) is 1. The van der Waals surface area contributed by atoms with Crippen LogP contribution in [-0.4, -0.2) is 43.1 Å². The van der Waals surface area contributed by atoms with Gasteiger partial charge in [0.1, 0.15) is 5.60 Å². The highest BCUT2D eigenvalue weighted by molar-refractivity contribution is 7.15. The number of thiophene rings is 1. The number of amides is 1. The molecule has 2 aliphatic heterocycles. The lowest BCUT2D eigenvalue weighted by molar-refractivity contribution is -0.139. The van der Waals surface area contributed by atoms with Crippen molar-refractivity contribution in [3.05, 3.63) is 46.8 Å². The molecule has 3 aliphatic rings. The second-order valence-corrected chi connectivity index (χ2v) is 9.01. The van der Waals surface area contributed by atoms with E-state index in [-0.39, 0.29) is 23.9 Å². The summed E-state index contributed by atoms with van der Waals surface area (Å²) in [6, 6.07) is 13.6. The highest BCUT2D eigenvalue weighted by atomic mass is 35.5. The topological polar surface area (TPSA) is 41.6 Å². The van der Waals surface area contributed by atoms with E-state index in [0.29, 0.717) is 12.6 Å². The summed E-state index contributed by atoms with van der Waals surface area (Å²) in [4.78, 5) is 17.2. The maximum Gasteiger partial charge on any atom is 0.236 e. The number of carbonyl (C=O) groups is 1. The van der Waals surface area contributed by atoms with Gasteiger partial charge < -0.3 is 15.0 Å². The van der Waals surface area contributed by atoms with Gasteiger partial charge in [0.2, 0.25) is 5.91 Å². The second kappa shape index (κ2) is 8.15. The van der Waals surface area contributed by atoms with Crippen LogP contribution in [0.3, 0.4) is 0 Å². The van der Waals surface area contributed by atoms with Gasteiger partial charge in [0.15, 0.2) is 0 Å². The summed E-state index contributed by atoms with van der Waals surface area (Å²) in [5.74, 6) is 0.240. The summed E-state index contributed by atoms with van der Waals surface area (Å²) >= 11 is 1.89. The SMILES string of the molecule is Cl.O=C(CNC1CC1)N1CCC2(CC1)OCCc1cc(-c3ccccc3)sc12. The molecule has 1 aromatic heterocycles. The number of carbonyl (C=O) groups excluding carboxylic acids is 1. The van der Waals surface area contributed by atoms with E-state index in [4.69, 9.17) is 4.74 Å². The predicted octanol–water partition coefficient (Wildman–Crippen LogP) is 3.98. The molecule has 150 valence electrons. The zero-order valence-corrected chi connectivity index (χ0v) is 17.6. The molecule has 3 heterocycles. The Hall–Kier alpha value is -1.40. The average molecular weight is 419 g/mol. The monoisotopic (exact) mass is 418 g/mol. The number of piperidine rings is 1. The first kappa shape index (κ1) is 19.9. The smallest absolute Gasteiger partial charge is 0.236 e. The molecule has 1 N–H and O–H groups in total. The number of likely N-dealkylation sites (tertiary alicyclic amines) is 1. The highest BCUT2D eigenvalue weighted by Crippen LogP contribution is 2.47. The summed E-state index contributed by atoms with van der Waals surface area (Å²) < 4.78 is 6.38. The Morgan fingerprint density at radius 2 is 1.96 bits per heavy atom. The van der Waals surface area contributed by atoms with Gasteiger partial charge in [-0.3, -0.25) is 4.79 Å². The predicted molar refractivity (Wildman–Crippen MR) is 115 cm³/mol. The zero-order chi connectivity index (χ0) is 18.3. The molecule has 1 saturated heterocycles. The van der Waals surface area contributed by atoms with Crippen LogP contribution in [-0.2, 0) is 21.6 Å². The van der Waals surface area contributed by atoms with E-state index < -0.39 is 0 Å². The van der Waals surface area contributed by atoms with Gasteiger partial charge in [-0.25, -0.2) is 0 Å². The van der Waals surface area contributed by atoms with Crippen molar-refractivity contribution < 1.29 is 9.53 Å². The third-order valence-electron chi connectivity index (χ3n) is 6.07. The summed E-state index contributed by atoms with van der Waals surface area (Å²) in [5.41, 5.74) is 2.54. The fourth-order valence-corrected chi connectivity index (χ4v) is 5.70. The van der Waals surface area contributed by atoms with E-state index in [1.807, 2.05) is 16.2 Å². The molecule has 5 rings (SSSR count). The van der Waals surface area contributed by atoms with E-state index in [2.05, 4.69) is 41.7 Å². The number of nitrogens with zero attached hydrogens (tertiary/aromatic N) is 1. The molecular weight excluding hydrogens is 392 g/mol. The van der Waals surface area contributed by atoms with Crippen molar-refractivity contribution in [1.82, 2.24) is 10.2 Å². The summed E-state index contributed by atoms with van der Waals surface area (Å²) in [5, 5.41) is 3.34. The molecule has 28 heavy (non-hydrogen) atoms. The van der Waals surface area contributed by atoms with Crippen LogP contribution in [0.1, 0.15) is 36.1 Å². The van der Waals surface area contributed by atoms with Crippen molar-refractivity contribution in [1.29, 1.82) is 0 Å². The zero-order valence-electron chi connectivity index (χ0n) is 16.0. The number of fused-ring (bicyclic) bond motifs is 2. The van der Waals surface area contributed by atoms with E-state index in [0.717, 1.165) is 39.0 Å². The summed E-state index contributed by atoms with van der Waals surface area (Å²) in [6.45, 7) is 2.86. The van der Waals surface area contributed by atoms with Gasteiger partial charge >= 0.3 is 0 Å². The molecule has 6 heteroatoms. The number of benzene rings is 1. The van der Waals surface area contributed by atoms with Crippen LogP contribution < -0.4 is 5.32 Å². The molecule has 0 radical (unpaired) electrons. The van der Waals surface area contributed by atoms with Crippen LogP contribution in [0, 0.1) is 0 Å². The van der Waals surface area contributed by atoms with Gasteiger partial charge in [-0.15, -0.1) is 23.7 Å². The number of halogens is 1. The van der Waals surface area contributed by atoms with Crippen molar-refractivity contribution in [2.75, 3.05) is 26.2 Å². The molecule has 1 spiro atoms. The summed E-state index contributed by atoms with van der Waals surface area (Å²) in [7, 11) is 0. The number of hydrogen-bond acceptors (Lipinski definition) is 4. The third kappa shape index (κ3) is 3.86. The van der Waals surface area contributed by atoms with Crippen LogP contribution in [0.2, 0.25) is 0 Å². The maximum atomic E-state index is 12.5. The van der Waals surface area contributed by atoms with Crippen LogP contribution in [0.25, 0.3) is 10.4 Å². The molecule has 0 atom stereocenters. The third-order valence-corrected chi connectivity index (χ3v) is 7.49. The Balaban J connectivity index is 0.00000192. The summed E-state index contributed by atoms with van der Waals surface area (Å²) in [6.07, 6.45) is 5.24. The molecule has 1 saturated carbocycles. The van der Waals surface area contributed by atoms with Gasteiger partial charge in [-0.05, 0) is 49.3 Å². The highest BCUT2D eigenvalue weighted by Gasteiger charge is 2.43. The Labute approximate surface area is 176 Å². The normalized spacial score (nSPS) is 20.5. The van der Waals surface area contributed by atoms with Crippen molar-refractivity contribution >= 4 is 29.7 Å². The fraction of sp³-hybridized carbons (Fsp3) is 0.500. The molecule has 0 unspecified atom stereocenters. The first-order chi connectivity index (χ1) is 13.2. The standard InChI is InChI=1S/C22H26N2O2S.ClH/c25-20(15-23-18-6-7-18)24-11-9-22(10-12-24)21-17(8-13-26-22)14-19(27-21)16-4-2-1-3-5-16;/h1-5,14,18,23H,6-13,15H2;1H. The molecule has 2 aromatic rings. The largest absolute Gasteiger partial charge is 0.369 e. The van der Waals surface area contributed by atoms with Gasteiger partial charge in [-0.2, -0.15) is 0 Å². The lowest BCUT2D eigenvalue weighted by Gasteiger charge is -2.43. The minimum atomic E-state index is -0.189. The van der Waals surface area contributed by atoms with E-state index in [9.17, 15) is 4.79 Å². The average Bonchev–Trinajstić information content (AvgIpc) is 3.44. The first-order valence-corrected chi connectivity index (χ1v) is 10.9. The molecule has 1 aliphatic carbocycles. The number of hydrogen-bond donors (Lipinski definition) is 1. The van der Waals surface area contributed by atoms with Crippen LogP contribution in [0.4, 0.5) is 0 Å². The van der Waals surface area contributed by atoms with E-state index in [1.165, 1.54) is 33.7 Å². The Bertz CT molecular complexity index is 826. The quantitative estimate of drug-likeness (QED) is 0.816. The van der Waals surface area contributed by atoms with Crippen molar-refractivity contribution in [2.24, 2.45) is 0 Å². The van der Waals surface area contributed by atoms with Crippen LogP contribution >= 0.6 is 23.7 Å². The van der Waals surface area contributed by atoms with Gasteiger partial charge in [0.05, 0.1) is 13.2 Å². The molecular formula is C22H27ClN2O2S. The molecule has 2 fully saturated rings. The van der Waals surface area contributed by atoms with Crippen LogP contribution in [0.5, 0.6) is 0 Å². The van der Waals surface area contributed by atoms with E-state index in [1.54, 1.807) is 0 Å². The van der Waals surface area contributed by atoms with Crippen molar-refractivity contribution in [3.8, 4) is 10.4 Å². The maximum absolute atomic E-state index is 12.5.